The van der Waals surface area contributed by atoms with Crippen molar-refractivity contribution >= 4 is 34.4 Å². The van der Waals surface area contributed by atoms with Gasteiger partial charge in [-0.3, -0.25) is 4.79 Å². The number of hydrogen-bond donors (Lipinski definition) is 2. The van der Waals surface area contributed by atoms with Gasteiger partial charge in [0.25, 0.3) is 0 Å². The summed E-state index contributed by atoms with van der Waals surface area (Å²) in [6.07, 6.45) is 6.58. The van der Waals surface area contributed by atoms with Crippen molar-refractivity contribution in [1.82, 2.24) is 25.2 Å². The number of fused-ring (bicyclic) bond motifs is 1. The standard InChI is InChI=1S/C17H21N7O2S/c25-14(22-16-21-12-3-1-4-13(12)27-16)11-20-17(26)24-9-7-23(8-10-24)15-18-5-2-6-19-15/h2,5-6H,1,3-4,7-11H2,(H,20,26)(H,21,22,25). The first-order chi connectivity index (χ1) is 13.2. The number of carbonyl (C=O) groups excluding carboxylic acids is 2. The topological polar surface area (TPSA) is 103 Å². The zero-order valence-electron chi connectivity index (χ0n) is 14.8. The lowest BCUT2D eigenvalue weighted by molar-refractivity contribution is -0.115. The molecule has 0 bridgehead atoms. The molecule has 10 heteroatoms. The minimum Gasteiger partial charge on any atom is -0.337 e. The van der Waals surface area contributed by atoms with E-state index in [1.165, 1.54) is 16.2 Å². The van der Waals surface area contributed by atoms with E-state index in [0.717, 1.165) is 25.0 Å². The van der Waals surface area contributed by atoms with Gasteiger partial charge >= 0.3 is 6.03 Å². The number of aromatic nitrogens is 3. The monoisotopic (exact) mass is 387 g/mol. The Labute approximate surface area is 160 Å². The SMILES string of the molecule is O=C(CNC(=O)N1CCN(c2ncccn2)CC1)Nc1nc2c(s1)CCC2. The number of amides is 3. The van der Waals surface area contributed by atoms with Gasteiger partial charge in [0.15, 0.2) is 5.13 Å². The second-order valence-electron chi connectivity index (χ2n) is 6.47. The van der Waals surface area contributed by atoms with Crippen LogP contribution in [-0.2, 0) is 17.6 Å². The largest absolute Gasteiger partial charge is 0.337 e. The van der Waals surface area contributed by atoms with Crippen LogP contribution >= 0.6 is 11.3 Å². The number of rotatable bonds is 4. The molecule has 2 aromatic heterocycles. The van der Waals surface area contributed by atoms with Crippen LogP contribution < -0.4 is 15.5 Å². The normalized spacial score (nSPS) is 16.1. The Morgan fingerprint density at radius 1 is 1.11 bits per heavy atom. The maximum atomic E-state index is 12.3. The molecule has 27 heavy (non-hydrogen) atoms. The molecule has 2 aliphatic rings. The lowest BCUT2D eigenvalue weighted by Gasteiger charge is -2.34. The lowest BCUT2D eigenvalue weighted by Crippen LogP contribution is -2.53. The van der Waals surface area contributed by atoms with Crippen molar-refractivity contribution in [2.24, 2.45) is 0 Å². The van der Waals surface area contributed by atoms with Gasteiger partial charge < -0.3 is 20.4 Å². The van der Waals surface area contributed by atoms with Crippen molar-refractivity contribution in [3.05, 3.63) is 29.0 Å². The van der Waals surface area contributed by atoms with Crippen LogP contribution in [0.25, 0.3) is 0 Å². The Hall–Kier alpha value is -2.75. The fraction of sp³-hybridized carbons (Fsp3) is 0.471. The third-order valence-electron chi connectivity index (χ3n) is 4.64. The first kappa shape index (κ1) is 17.7. The molecule has 1 fully saturated rings. The molecule has 2 N–H and O–H groups in total. The first-order valence-corrected chi connectivity index (χ1v) is 9.84. The Morgan fingerprint density at radius 2 is 1.89 bits per heavy atom. The molecule has 0 atom stereocenters. The van der Waals surface area contributed by atoms with Crippen molar-refractivity contribution in [2.45, 2.75) is 19.3 Å². The predicted molar refractivity (Wildman–Crippen MR) is 102 cm³/mol. The van der Waals surface area contributed by atoms with Crippen molar-refractivity contribution in [1.29, 1.82) is 0 Å². The molecular formula is C17H21N7O2S. The number of urea groups is 1. The van der Waals surface area contributed by atoms with Gasteiger partial charge in [-0.2, -0.15) is 0 Å². The number of carbonyl (C=O) groups is 2. The molecule has 0 saturated carbocycles. The molecule has 2 aromatic rings. The molecule has 1 saturated heterocycles. The average molecular weight is 387 g/mol. The number of aryl methyl sites for hydroxylation is 2. The number of nitrogens with zero attached hydrogens (tertiary/aromatic N) is 5. The molecule has 142 valence electrons. The number of thiazole rings is 1. The molecule has 0 aromatic carbocycles. The third-order valence-corrected chi connectivity index (χ3v) is 5.72. The van der Waals surface area contributed by atoms with Crippen LogP contribution in [0.5, 0.6) is 0 Å². The van der Waals surface area contributed by atoms with E-state index < -0.39 is 0 Å². The average Bonchev–Trinajstić information content (AvgIpc) is 3.28. The second-order valence-corrected chi connectivity index (χ2v) is 7.56. The summed E-state index contributed by atoms with van der Waals surface area (Å²) in [6.45, 7) is 2.38. The van der Waals surface area contributed by atoms with Crippen molar-refractivity contribution < 1.29 is 9.59 Å². The number of nitrogens with one attached hydrogen (secondary N) is 2. The van der Waals surface area contributed by atoms with Crippen LogP contribution in [0.3, 0.4) is 0 Å². The zero-order chi connectivity index (χ0) is 18.6. The van der Waals surface area contributed by atoms with Gasteiger partial charge in [0.1, 0.15) is 0 Å². The van der Waals surface area contributed by atoms with Gasteiger partial charge in [0.2, 0.25) is 11.9 Å². The highest BCUT2D eigenvalue weighted by molar-refractivity contribution is 7.15. The summed E-state index contributed by atoms with van der Waals surface area (Å²) in [7, 11) is 0. The van der Waals surface area contributed by atoms with E-state index in [-0.39, 0.29) is 18.5 Å². The third kappa shape index (κ3) is 4.16. The van der Waals surface area contributed by atoms with Crippen LogP contribution in [-0.4, -0.2) is 64.5 Å². The summed E-state index contributed by atoms with van der Waals surface area (Å²) in [5.41, 5.74) is 1.10. The van der Waals surface area contributed by atoms with Gasteiger partial charge in [-0.15, -0.1) is 11.3 Å². The molecule has 0 radical (unpaired) electrons. The Morgan fingerprint density at radius 3 is 2.63 bits per heavy atom. The number of anilines is 2. The number of hydrogen-bond acceptors (Lipinski definition) is 7. The summed E-state index contributed by atoms with van der Waals surface area (Å²) in [5, 5.41) is 6.07. The summed E-state index contributed by atoms with van der Waals surface area (Å²) in [5.74, 6) is 0.416. The molecule has 3 amide bonds. The quantitative estimate of drug-likeness (QED) is 0.808. The highest BCUT2D eigenvalue weighted by atomic mass is 32.1. The summed E-state index contributed by atoms with van der Waals surface area (Å²) in [6, 6.07) is 1.54. The Bertz CT molecular complexity index is 796. The Kier molecular flexibility index (Phi) is 5.14. The van der Waals surface area contributed by atoms with E-state index in [4.69, 9.17) is 0 Å². The summed E-state index contributed by atoms with van der Waals surface area (Å²) in [4.78, 5) is 42.2. The van der Waals surface area contributed by atoms with Gasteiger partial charge in [0.05, 0.1) is 12.2 Å². The number of piperazine rings is 1. The molecule has 1 aliphatic heterocycles. The highest BCUT2D eigenvalue weighted by Crippen LogP contribution is 2.30. The maximum absolute atomic E-state index is 12.3. The molecule has 0 unspecified atom stereocenters. The van der Waals surface area contributed by atoms with E-state index >= 15 is 0 Å². The first-order valence-electron chi connectivity index (χ1n) is 9.02. The van der Waals surface area contributed by atoms with Crippen LogP contribution in [0.1, 0.15) is 17.0 Å². The van der Waals surface area contributed by atoms with Gasteiger partial charge in [0, 0.05) is 43.4 Å². The van der Waals surface area contributed by atoms with Crippen molar-refractivity contribution in [3.8, 4) is 0 Å². The van der Waals surface area contributed by atoms with Gasteiger partial charge in [-0.1, -0.05) is 0 Å². The van der Waals surface area contributed by atoms with E-state index in [9.17, 15) is 9.59 Å². The molecule has 4 rings (SSSR count). The van der Waals surface area contributed by atoms with E-state index in [2.05, 4.69) is 25.6 Å². The minimum atomic E-state index is -0.257. The zero-order valence-corrected chi connectivity index (χ0v) is 15.7. The van der Waals surface area contributed by atoms with E-state index in [1.807, 2.05) is 4.90 Å². The summed E-state index contributed by atoms with van der Waals surface area (Å²) >= 11 is 1.53. The highest BCUT2D eigenvalue weighted by Gasteiger charge is 2.23. The van der Waals surface area contributed by atoms with Crippen LogP contribution in [0, 0.1) is 0 Å². The van der Waals surface area contributed by atoms with Crippen molar-refractivity contribution in [2.75, 3.05) is 42.9 Å². The van der Waals surface area contributed by atoms with Gasteiger partial charge in [-0.25, -0.2) is 19.7 Å². The maximum Gasteiger partial charge on any atom is 0.317 e. The summed E-state index contributed by atoms with van der Waals surface area (Å²) < 4.78 is 0. The second kappa shape index (κ2) is 7.87. The van der Waals surface area contributed by atoms with E-state index in [1.54, 1.807) is 23.4 Å². The van der Waals surface area contributed by atoms with E-state index in [0.29, 0.717) is 37.3 Å². The molecule has 0 spiro atoms. The minimum absolute atomic E-state index is 0.0644. The predicted octanol–water partition coefficient (Wildman–Crippen LogP) is 0.892. The Balaban J connectivity index is 1.21. The fourth-order valence-electron chi connectivity index (χ4n) is 3.24. The van der Waals surface area contributed by atoms with Crippen LogP contribution in [0.15, 0.2) is 18.5 Å². The molecule has 9 nitrogen and oxygen atoms in total. The van der Waals surface area contributed by atoms with Gasteiger partial charge in [-0.05, 0) is 25.3 Å². The molecule has 3 heterocycles. The lowest BCUT2D eigenvalue weighted by atomic mass is 10.3. The molecular weight excluding hydrogens is 366 g/mol. The van der Waals surface area contributed by atoms with Crippen LogP contribution in [0.2, 0.25) is 0 Å². The van der Waals surface area contributed by atoms with Crippen LogP contribution in [0.4, 0.5) is 15.9 Å². The molecule has 1 aliphatic carbocycles. The smallest absolute Gasteiger partial charge is 0.317 e. The van der Waals surface area contributed by atoms with Crippen molar-refractivity contribution in [3.63, 3.8) is 0 Å². The fourth-order valence-corrected chi connectivity index (χ4v) is 4.31.